The predicted molar refractivity (Wildman–Crippen MR) is 81.7 cm³/mol. The number of hydrogen-bond donors (Lipinski definition) is 0. The van der Waals surface area contributed by atoms with Crippen LogP contribution in [0, 0.1) is 0 Å². The van der Waals surface area contributed by atoms with Crippen molar-refractivity contribution in [1.82, 2.24) is 0 Å². The zero-order valence-electron chi connectivity index (χ0n) is 12.7. The third-order valence-corrected chi connectivity index (χ3v) is 4.13. The predicted octanol–water partition coefficient (Wildman–Crippen LogP) is 4.88. The Hall–Kier alpha value is -2.02. The molecule has 7 heteroatoms. The maximum absolute atomic E-state index is 12.6. The molecule has 0 aliphatic rings. The van der Waals surface area contributed by atoms with Crippen LogP contribution in [0.3, 0.4) is 0 Å². The summed E-state index contributed by atoms with van der Waals surface area (Å²) in [7, 11) is 4.50. The number of halogens is 3. The van der Waals surface area contributed by atoms with Crippen LogP contribution in [0.15, 0.2) is 46.2 Å². The van der Waals surface area contributed by atoms with Gasteiger partial charge in [-0.1, -0.05) is 11.8 Å². The van der Waals surface area contributed by atoms with E-state index in [-0.39, 0.29) is 0 Å². The Morgan fingerprint density at radius 1 is 0.783 bits per heavy atom. The third-order valence-electron chi connectivity index (χ3n) is 3.08. The lowest BCUT2D eigenvalue weighted by molar-refractivity contribution is -0.137. The van der Waals surface area contributed by atoms with Gasteiger partial charge in [-0.05, 0) is 36.4 Å². The molecule has 0 spiro atoms. The number of benzene rings is 2. The summed E-state index contributed by atoms with van der Waals surface area (Å²) in [6.07, 6.45) is -4.34. The van der Waals surface area contributed by atoms with Crippen LogP contribution in [-0.2, 0) is 6.18 Å². The van der Waals surface area contributed by atoms with Crippen molar-refractivity contribution >= 4 is 11.8 Å². The van der Waals surface area contributed by atoms with Crippen LogP contribution in [0.1, 0.15) is 5.56 Å². The second-order valence-corrected chi connectivity index (χ2v) is 5.57. The van der Waals surface area contributed by atoms with Crippen LogP contribution in [0.2, 0.25) is 0 Å². The molecule has 0 saturated heterocycles. The Morgan fingerprint density at radius 2 is 1.39 bits per heavy atom. The van der Waals surface area contributed by atoms with Crippen molar-refractivity contribution in [3.05, 3.63) is 42.0 Å². The SMILES string of the molecule is COc1ccc(Sc2ccc(C(F)(F)F)cc2)c(OC)c1OC. The second-order valence-electron chi connectivity index (χ2n) is 4.46. The largest absolute Gasteiger partial charge is 0.493 e. The molecule has 0 aliphatic heterocycles. The highest BCUT2D eigenvalue weighted by molar-refractivity contribution is 7.99. The van der Waals surface area contributed by atoms with E-state index in [2.05, 4.69) is 0 Å². The molecule has 0 saturated carbocycles. The molecule has 0 N–H and O–H groups in total. The lowest BCUT2D eigenvalue weighted by Gasteiger charge is -2.15. The van der Waals surface area contributed by atoms with Crippen LogP contribution >= 0.6 is 11.8 Å². The van der Waals surface area contributed by atoms with E-state index >= 15 is 0 Å². The van der Waals surface area contributed by atoms with Crippen molar-refractivity contribution in [3.8, 4) is 17.2 Å². The highest BCUT2D eigenvalue weighted by atomic mass is 32.2. The van der Waals surface area contributed by atoms with Gasteiger partial charge in [0.15, 0.2) is 11.5 Å². The summed E-state index contributed by atoms with van der Waals surface area (Å²) in [4.78, 5) is 1.37. The molecule has 2 rings (SSSR count). The first kappa shape index (κ1) is 17.3. The summed E-state index contributed by atoms with van der Waals surface area (Å²) in [5, 5.41) is 0. The first-order valence-electron chi connectivity index (χ1n) is 6.54. The van der Waals surface area contributed by atoms with Crippen molar-refractivity contribution < 1.29 is 27.4 Å². The number of ether oxygens (including phenoxy) is 3. The van der Waals surface area contributed by atoms with Gasteiger partial charge >= 0.3 is 6.18 Å². The molecular formula is C16H15F3O3S. The van der Waals surface area contributed by atoms with Crippen LogP contribution in [-0.4, -0.2) is 21.3 Å². The summed E-state index contributed by atoms with van der Waals surface area (Å²) >= 11 is 1.28. The Kier molecular flexibility index (Phi) is 5.30. The molecule has 0 aliphatic carbocycles. The van der Waals surface area contributed by atoms with E-state index in [1.54, 1.807) is 12.1 Å². The number of alkyl halides is 3. The van der Waals surface area contributed by atoms with Gasteiger partial charge in [0.05, 0.1) is 31.8 Å². The zero-order valence-corrected chi connectivity index (χ0v) is 13.5. The highest BCUT2D eigenvalue weighted by Gasteiger charge is 2.30. The van der Waals surface area contributed by atoms with Gasteiger partial charge in [-0.25, -0.2) is 0 Å². The van der Waals surface area contributed by atoms with Gasteiger partial charge in [0.1, 0.15) is 0 Å². The molecule has 0 aromatic heterocycles. The van der Waals surface area contributed by atoms with Gasteiger partial charge in [0, 0.05) is 4.90 Å². The van der Waals surface area contributed by atoms with Crippen molar-refractivity contribution in [2.24, 2.45) is 0 Å². The smallest absolute Gasteiger partial charge is 0.416 e. The molecule has 23 heavy (non-hydrogen) atoms. The molecule has 0 heterocycles. The molecule has 0 amide bonds. The van der Waals surface area contributed by atoms with Crippen molar-refractivity contribution in [2.75, 3.05) is 21.3 Å². The second kappa shape index (κ2) is 7.04. The highest BCUT2D eigenvalue weighted by Crippen LogP contribution is 2.46. The number of methoxy groups -OCH3 is 3. The molecule has 0 bridgehead atoms. The van der Waals surface area contributed by atoms with Crippen LogP contribution in [0.25, 0.3) is 0 Å². The zero-order chi connectivity index (χ0) is 17.0. The molecule has 3 nitrogen and oxygen atoms in total. The average Bonchev–Trinajstić information content (AvgIpc) is 2.53. The first-order valence-corrected chi connectivity index (χ1v) is 7.36. The van der Waals surface area contributed by atoms with E-state index in [9.17, 15) is 13.2 Å². The Bertz CT molecular complexity index is 670. The molecule has 2 aromatic rings. The van der Waals surface area contributed by atoms with E-state index in [0.717, 1.165) is 12.1 Å². The summed E-state index contributed by atoms with van der Waals surface area (Å²) in [6, 6.07) is 8.43. The van der Waals surface area contributed by atoms with Gasteiger partial charge < -0.3 is 14.2 Å². The maximum atomic E-state index is 12.6. The van der Waals surface area contributed by atoms with Crippen molar-refractivity contribution in [2.45, 2.75) is 16.0 Å². The number of rotatable bonds is 5. The lowest BCUT2D eigenvalue weighted by Crippen LogP contribution is -2.03. The minimum atomic E-state index is -4.34. The van der Waals surface area contributed by atoms with Gasteiger partial charge in [0.2, 0.25) is 5.75 Å². The fraction of sp³-hybridized carbons (Fsp3) is 0.250. The van der Waals surface area contributed by atoms with Crippen LogP contribution in [0.4, 0.5) is 13.2 Å². The Morgan fingerprint density at radius 3 is 1.87 bits per heavy atom. The van der Waals surface area contributed by atoms with Gasteiger partial charge in [-0.2, -0.15) is 13.2 Å². The molecule has 124 valence electrons. The molecule has 0 radical (unpaired) electrons. The third kappa shape index (κ3) is 3.85. The van der Waals surface area contributed by atoms with Crippen LogP contribution < -0.4 is 14.2 Å². The molecule has 0 atom stereocenters. The van der Waals surface area contributed by atoms with Gasteiger partial charge in [-0.3, -0.25) is 0 Å². The van der Waals surface area contributed by atoms with E-state index < -0.39 is 11.7 Å². The van der Waals surface area contributed by atoms with Crippen molar-refractivity contribution in [3.63, 3.8) is 0 Å². The summed E-state index contributed by atoms with van der Waals surface area (Å²) < 4.78 is 53.6. The Balaban J connectivity index is 2.33. The van der Waals surface area contributed by atoms with E-state index in [0.29, 0.717) is 27.0 Å². The summed E-state index contributed by atoms with van der Waals surface area (Å²) in [5.41, 5.74) is -0.680. The minimum absolute atomic E-state index is 0.437. The quantitative estimate of drug-likeness (QED) is 0.772. The topological polar surface area (TPSA) is 27.7 Å². The monoisotopic (exact) mass is 344 g/mol. The Labute approximate surface area is 136 Å². The summed E-state index contributed by atoms with van der Waals surface area (Å²) in [5.74, 6) is 1.42. The molecule has 0 unspecified atom stereocenters. The van der Waals surface area contributed by atoms with Gasteiger partial charge in [0.25, 0.3) is 0 Å². The lowest BCUT2D eigenvalue weighted by atomic mass is 10.2. The fourth-order valence-electron chi connectivity index (χ4n) is 1.99. The normalized spacial score (nSPS) is 11.2. The molecule has 0 fully saturated rings. The average molecular weight is 344 g/mol. The first-order chi connectivity index (χ1) is 10.9. The standard InChI is InChI=1S/C16H15F3O3S/c1-20-12-8-9-13(15(22-3)14(12)21-2)23-11-6-4-10(5-7-11)16(17,18)19/h4-9H,1-3H3. The number of hydrogen-bond acceptors (Lipinski definition) is 4. The van der Waals surface area contributed by atoms with E-state index in [4.69, 9.17) is 14.2 Å². The fourth-order valence-corrected chi connectivity index (χ4v) is 2.92. The molecule has 2 aromatic carbocycles. The van der Waals surface area contributed by atoms with Gasteiger partial charge in [-0.15, -0.1) is 0 Å². The van der Waals surface area contributed by atoms with E-state index in [1.807, 2.05) is 0 Å². The van der Waals surface area contributed by atoms with E-state index in [1.165, 1.54) is 45.2 Å². The molecular weight excluding hydrogens is 329 g/mol. The van der Waals surface area contributed by atoms with Crippen molar-refractivity contribution in [1.29, 1.82) is 0 Å². The summed E-state index contributed by atoms with van der Waals surface area (Å²) in [6.45, 7) is 0. The van der Waals surface area contributed by atoms with Crippen LogP contribution in [0.5, 0.6) is 17.2 Å². The maximum Gasteiger partial charge on any atom is 0.416 e. The minimum Gasteiger partial charge on any atom is -0.493 e.